The number of Topliss-reactive ketones (excluding diaryl/α,β-unsaturated/α-hetero) is 1. The number of para-hydroxylation sites is 1. The summed E-state index contributed by atoms with van der Waals surface area (Å²) in [6.07, 6.45) is 6.68. The van der Waals surface area contributed by atoms with Gasteiger partial charge in [-0.1, -0.05) is 30.3 Å². The van der Waals surface area contributed by atoms with E-state index in [1.54, 1.807) is 0 Å². The molecule has 0 radical (unpaired) electrons. The number of nitrogens with zero attached hydrogens (tertiary/aromatic N) is 2. The summed E-state index contributed by atoms with van der Waals surface area (Å²) in [4.78, 5) is 15.6. The van der Waals surface area contributed by atoms with Crippen molar-refractivity contribution in [2.24, 2.45) is 0 Å². The van der Waals surface area contributed by atoms with Crippen molar-refractivity contribution in [3.63, 3.8) is 0 Å². The van der Waals surface area contributed by atoms with Gasteiger partial charge in [-0.05, 0) is 41.7 Å². The van der Waals surface area contributed by atoms with Crippen molar-refractivity contribution in [2.75, 3.05) is 6.61 Å². The molecule has 1 N–H and O–H groups in total. The van der Waals surface area contributed by atoms with E-state index in [0.717, 1.165) is 42.7 Å². The van der Waals surface area contributed by atoms with Crippen LogP contribution in [0.4, 0.5) is 0 Å². The molecule has 5 rings (SSSR count). The quantitative estimate of drug-likeness (QED) is 0.438. The van der Waals surface area contributed by atoms with Crippen molar-refractivity contribution in [3.8, 4) is 5.75 Å². The Morgan fingerprint density at radius 1 is 0.968 bits per heavy atom. The van der Waals surface area contributed by atoms with Crippen molar-refractivity contribution in [2.45, 2.75) is 44.9 Å². The van der Waals surface area contributed by atoms with Gasteiger partial charge in [-0.2, -0.15) is 0 Å². The minimum absolute atomic E-state index is 0.208. The van der Waals surface area contributed by atoms with E-state index >= 15 is 0 Å². The highest BCUT2D eigenvalue weighted by Crippen LogP contribution is 2.26. The van der Waals surface area contributed by atoms with Crippen molar-refractivity contribution in [1.82, 2.24) is 15.2 Å². The summed E-state index contributed by atoms with van der Waals surface area (Å²) in [5, 5.41) is 9.49. The molecule has 0 saturated heterocycles. The zero-order chi connectivity index (χ0) is 21.0. The second-order valence-corrected chi connectivity index (χ2v) is 8.03. The lowest BCUT2D eigenvalue weighted by molar-refractivity contribution is -0.119. The van der Waals surface area contributed by atoms with Crippen LogP contribution in [0.3, 0.4) is 0 Å². The molecular weight excluding hydrogens is 390 g/mol. The van der Waals surface area contributed by atoms with Crippen LogP contribution in [0, 0.1) is 0 Å². The number of nitrogens with one attached hydrogen (secondary N) is 1. The molecule has 1 aliphatic heterocycles. The topological polar surface area (TPSA) is 81.0 Å². The van der Waals surface area contributed by atoms with Crippen molar-refractivity contribution < 1.29 is 13.9 Å². The molecule has 2 aromatic heterocycles. The molecule has 0 bridgehead atoms. The number of benzene rings is 2. The third-order valence-corrected chi connectivity index (χ3v) is 5.86. The first-order valence-electron chi connectivity index (χ1n) is 10.9. The van der Waals surface area contributed by atoms with Crippen molar-refractivity contribution in [1.29, 1.82) is 0 Å². The van der Waals surface area contributed by atoms with E-state index in [0.29, 0.717) is 37.5 Å². The molecule has 0 aliphatic carbocycles. The first-order chi connectivity index (χ1) is 15.2. The standard InChI is InChI=1S/C25H25N3O3/c29-20(9-6-17-5-7-18-13-14-30-23(18)15-17)10-12-25-28-27-24(31-25)11-8-19-16-26-22-4-2-1-3-21(19)22/h1-5,7,15-16,26H,6,8-14H2. The van der Waals surface area contributed by atoms with Gasteiger partial charge >= 0.3 is 0 Å². The number of carbonyl (C=O) groups excluding carboxylic acids is 1. The average molecular weight is 415 g/mol. The minimum Gasteiger partial charge on any atom is -0.493 e. The molecule has 0 spiro atoms. The fourth-order valence-electron chi connectivity index (χ4n) is 4.09. The van der Waals surface area contributed by atoms with Crippen LogP contribution in [0.2, 0.25) is 0 Å². The van der Waals surface area contributed by atoms with E-state index in [2.05, 4.69) is 45.5 Å². The molecule has 0 atom stereocenters. The third kappa shape index (κ3) is 4.53. The molecular formula is C25H25N3O3. The van der Waals surface area contributed by atoms with E-state index < -0.39 is 0 Å². The van der Waals surface area contributed by atoms with Gasteiger partial charge in [0.25, 0.3) is 0 Å². The summed E-state index contributed by atoms with van der Waals surface area (Å²) in [5.74, 6) is 2.33. The van der Waals surface area contributed by atoms with Gasteiger partial charge < -0.3 is 14.1 Å². The number of fused-ring (bicyclic) bond motifs is 2. The van der Waals surface area contributed by atoms with Gasteiger partial charge in [-0.3, -0.25) is 4.79 Å². The molecule has 6 heteroatoms. The number of aromatic nitrogens is 3. The van der Waals surface area contributed by atoms with E-state index in [4.69, 9.17) is 9.15 Å². The molecule has 3 heterocycles. The van der Waals surface area contributed by atoms with E-state index in [9.17, 15) is 4.79 Å². The average Bonchev–Trinajstić information content (AvgIpc) is 3.54. The predicted octanol–water partition coefficient (Wildman–Crippen LogP) is 4.41. The van der Waals surface area contributed by atoms with Crippen LogP contribution < -0.4 is 4.74 Å². The number of ether oxygens (including phenoxy) is 1. The highest BCUT2D eigenvalue weighted by atomic mass is 16.5. The minimum atomic E-state index is 0.208. The Balaban J connectivity index is 1.08. The number of rotatable bonds is 9. The van der Waals surface area contributed by atoms with Crippen molar-refractivity contribution in [3.05, 3.63) is 77.1 Å². The van der Waals surface area contributed by atoms with Gasteiger partial charge in [0.15, 0.2) is 0 Å². The Kier molecular flexibility index (Phi) is 5.52. The normalized spacial score (nSPS) is 12.8. The Labute approximate surface area is 180 Å². The fraction of sp³-hybridized carbons (Fsp3) is 0.320. The van der Waals surface area contributed by atoms with E-state index in [1.807, 2.05) is 18.3 Å². The third-order valence-electron chi connectivity index (χ3n) is 5.86. The molecule has 0 fully saturated rings. The second kappa shape index (κ2) is 8.76. The first kappa shape index (κ1) is 19.5. The highest BCUT2D eigenvalue weighted by molar-refractivity contribution is 5.83. The van der Waals surface area contributed by atoms with Crippen LogP contribution in [-0.2, 0) is 36.9 Å². The molecule has 0 amide bonds. The Bertz CT molecular complexity index is 1210. The van der Waals surface area contributed by atoms with Gasteiger partial charge in [-0.15, -0.1) is 10.2 Å². The molecule has 31 heavy (non-hydrogen) atoms. The number of hydrogen-bond donors (Lipinski definition) is 1. The second-order valence-electron chi connectivity index (χ2n) is 8.03. The van der Waals surface area contributed by atoms with Crippen LogP contribution in [-0.4, -0.2) is 27.6 Å². The fourth-order valence-corrected chi connectivity index (χ4v) is 4.09. The molecule has 1 aliphatic rings. The summed E-state index contributed by atoms with van der Waals surface area (Å²) in [6, 6.07) is 14.5. The summed E-state index contributed by atoms with van der Waals surface area (Å²) in [5.41, 5.74) is 4.77. The zero-order valence-corrected chi connectivity index (χ0v) is 17.4. The molecule has 6 nitrogen and oxygen atoms in total. The SMILES string of the molecule is O=C(CCc1ccc2c(c1)OCC2)CCc1nnc(CCc2c[nH]c3ccccc23)o1. The van der Waals surface area contributed by atoms with E-state index in [1.165, 1.54) is 16.5 Å². The summed E-state index contributed by atoms with van der Waals surface area (Å²) >= 11 is 0. The van der Waals surface area contributed by atoms with Crippen LogP contribution >= 0.6 is 0 Å². The molecule has 2 aromatic carbocycles. The van der Waals surface area contributed by atoms with Crippen LogP contribution in [0.5, 0.6) is 5.75 Å². The van der Waals surface area contributed by atoms with Crippen molar-refractivity contribution >= 4 is 16.7 Å². The molecule has 0 saturated carbocycles. The lowest BCUT2D eigenvalue weighted by Crippen LogP contribution is -2.02. The van der Waals surface area contributed by atoms with Crippen LogP contribution in [0.15, 0.2) is 53.1 Å². The van der Waals surface area contributed by atoms with Gasteiger partial charge in [0, 0.05) is 49.2 Å². The predicted molar refractivity (Wildman–Crippen MR) is 117 cm³/mol. The Hall–Kier alpha value is -3.41. The smallest absolute Gasteiger partial charge is 0.217 e. The Morgan fingerprint density at radius 2 is 1.81 bits per heavy atom. The molecule has 158 valence electrons. The largest absolute Gasteiger partial charge is 0.493 e. The molecule has 4 aromatic rings. The summed E-state index contributed by atoms with van der Waals surface area (Å²) in [7, 11) is 0. The Morgan fingerprint density at radius 3 is 2.74 bits per heavy atom. The number of H-pyrrole nitrogens is 1. The van der Waals surface area contributed by atoms with E-state index in [-0.39, 0.29) is 5.78 Å². The number of aryl methyl sites for hydroxylation is 4. The first-order valence-corrected chi connectivity index (χ1v) is 10.9. The zero-order valence-electron chi connectivity index (χ0n) is 17.4. The highest BCUT2D eigenvalue weighted by Gasteiger charge is 2.14. The van der Waals surface area contributed by atoms with Gasteiger partial charge in [0.1, 0.15) is 11.5 Å². The molecule has 0 unspecified atom stereocenters. The maximum absolute atomic E-state index is 12.3. The van der Waals surface area contributed by atoms with Gasteiger partial charge in [0.05, 0.1) is 6.61 Å². The number of ketones is 1. The number of hydrogen-bond acceptors (Lipinski definition) is 5. The lowest BCUT2D eigenvalue weighted by atomic mass is 10.0. The lowest BCUT2D eigenvalue weighted by Gasteiger charge is -2.04. The van der Waals surface area contributed by atoms with Crippen LogP contribution in [0.25, 0.3) is 10.9 Å². The number of carbonyl (C=O) groups is 1. The maximum atomic E-state index is 12.3. The van der Waals surface area contributed by atoms with Gasteiger partial charge in [0.2, 0.25) is 11.8 Å². The summed E-state index contributed by atoms with van der Waals surface area (Å²) < 4.78 is 11.4. The maximum Gasteiger partial charge on any atom is 0.217 e. The van der Waals surface area contributed by atoms with Crippen LogP contribution in [0.1, 0.15) is 41.3 Å². The summed E-state index contributed by atoms with van der Waals surface area (Å²) in [6.45, 7) is 0.756. The van der Waals surface area contributed by atoms with Gasteiger partial charge in [-0.25, -0.2) is 0 Å². The number of aromatic amines is 1. The monoisotopic (exact) mass is 415 g/mol.